The zero-order chi connectivity index (χ0) is 13.1. The number of benzene rings is 1. The van der Waals surface area contributed by atoms with Crippen LogP contribution in [0.2, 0.25) is 5.02 Å². The highest BCUT2D eigenvalue weighted by Crippen LogP contribution is 2.35. The van der Waals surface area contributed by atoms with E-state index in [1.807, 2.05) is 0 Å². The Bertz CT molecular complexity index is 461. The van der Waals surface area contributed by atoms with Crippen LogP contribution in [0.15, 0.2) is 18.7 Å². The minimum absolute atomic E-state index is 0.428. The quantitative estimate of drug-likeness (QED) is 0.774. The van der Waals surface area contributed by atoms with Crippen LogP contribution in [0.4, 0.5) is 10.1 Å². The summed E-state index contributed by atoms with van der Waals surface area (Å²) in [5.74, 6) is -0.428. The molecule has 0 aliphatic carbocycles. The fourth-order valence-electron chi connectivity index (χ4n) is 2.12. The molecule has 0 aromatic heterocycles. The van der Waals surface area contributed by atoms with Gasteiger partial charge in [0.2, 0.25) is 0 Å². The second-order valence-corrected chi connectivity index (χ2v) is 5.09. The lowest BCUT2D eigenvalue weighted by molar-refractivity contribution is 0.122. The van der Waals surface area contributed by atoms with Crippen LogP contribution >= 0.6 is 27.5 Å². The molecule has 2 nitrogen and oxygen atoms in total. The zero-order valence-corrected chi connectivity index (χ0v) is 12.2. The molecule has 98 valence electrons. The molecule has 0 unspecified atom stereocenters. The van der Waals surface area contributed by atoms with Crippen molar-refractivity contribution in [3.8, 4) is 0 Å². The highest BCUT2D eigenvalue weighted by atomic mass is 79.9. The van der Waals surface area contributed by atoms with Gasteiger partial charge in [0, 0.05) is 34.7 Å². The van der Waals surface area contributed by atoms with E-state index in [0.717, 1.165) is 24.3 Å². The Kier molecular flexibility index (Phi) is 4.65. The van der Waals surface area contributed by atoms with E-state index in [2.05, 4.69) is 27.4 Å². The molecule has 1 aliphatic rings. The molecular formula is C13H14BrClFNO. The molecule has 1 aromatic rings. The van der Waals surface area contributed by atoms with Crippen LogP contribution in [0.1, 0.15) is 11.1 Å². The Labute approximate surface area is 120 Å². The average Bonchev–Trinajstić information content (AvgIpc) is 2.38. The molecule has 1 aliphatic heterocycles. The topological polar surface area (TPSA) is 12.5 Å². The molecule has 0 N–H and O–H groups in total. The third-order valence-corrected chi connectivity index (χ3v) is 3.75. The fourth-order valence-corrected chi connectivity index (χ4v) is 2.80. The first kappa shape index (κ1) is 13.8. The van der Waals surface area contributed by atoms with Crippen molar-refractivity contribution in [1.29, 1.82) is 0 Å². The van der Waals surface area contributed by atoms with Crippen molar-refractivity contribution < 1.29 is 9.13 Å². The van der Waals surface area contributed by atoms with Gasteiger partial charge in [0.05, 0.1) is 13.2 Å². The second kappa shape index (κ2) is 6.04. The molecule has 0 bridgehead atoms. The number of anilines is 1. The smallest absolute Gasteiger partial charge is 0.125 e. The zero-order valence-electron chi connectivity index (χ0n) is 9.89. The highest BCUT2D eigenvalue weighted by Gasteiger charge is 2.19. The molecule has 0 saturated carbocycles. The lowest BCUT2D eigenvalue weighted by atomic mass is 10.0. The Balaban J connectivity index is 2.49. The van der Waals surface area contributed by atoms with E-state index in [1.165, 1.54) is 0 Å². The number of morpholine rings is 1. The highest BCUT2D eigenvalue weighted by molar-refractivity contribution is 9.08. The van der Waals surface area contributed by atoms with Gasteiger partial charge in [-0.1, -0.05) is 34.1 Å². The maximum Gasteiger partial charge on any atom is 0.125 e. The van der Waals surface area contributed by atoms with Gasteiger partial charge in [0.1, 0.15) is 5.83 Å². The summed E-state index contributed by atoms with van der Waals surface area (Å²) >= 11 is 9.45. The third kappa shape index (κ3) is 2.87. The van der Waals surface area contributed by atoms with Crippen molar-refractivity contribution in [2.75, 3.05) is 31.2 Å². The Morgan fingerprint density at radius 1 is 1.44 bits per heavy atom. The first-order valence-corrected chi connectivity index (χ1v) is 7.19. The molecule has 0 radical (unpaired) electrons. The standard InChI is InChI=1S/C13H14BrClFNO/c1-9(16)13-10(8-14)6-11(15)7-12(13)17-2-4-18-5-3-17/h6-7H,1-5,8H2. The third-order valence-electron chi connectivity index (χ3n) is 2.93. The van der Waals surface area contributed by atoms with Crippen molar-refractivity contribution in [2.45, 2.75) is 5.33 Å². The van der Waals surface area contributed by atoms with E-state index in [-0.39, 0.29) is 0 Å². The summed E-state index contributed by atoms with van der Waals surface area (Å²) in [4.78, 5) is 2.08. The molecule has 1 saturated heterocycles. The largest absolute Gasteiger partial charge is 0.378 e. The van der Waals surface area contributed by atoms with Gasteiger partial charge in [-0.3, -0.25) is 0 Å². The van der Waals surface area contributed by atoms with E-state index in [1.54, 1.807) is 12.1 Å². The molecule has 0 amide bonds. The van der Waals surface area contributed by atoms with E-state index in [4.69, 9.17) is 16.3 Å². The average molecular weight is 335 g/mol. The van der Waals surface area contributed by atoms with Gasteiger partial charge in [-0.05, 0) is 17.7 Å². The van der Waals surface area contributed by atoms with Gasteiger partial charge >= 0.3 is 0 Å². The van der Waals surface area contributed by atoms with Gasteiger partial charge in [-0.25, -0.2) is 4.39 Å². The molecule has 1 fully saturated rings. The monoisotopic (exact) mass is 333 g/mol. The van der Waals surface area contributed by atoms with E-state index in [0.29, 0.717) is 29.1 Å². The lowest BCUT2D eigenvalue weighted by Gasteiger charge is -2.31. The maximum absolute atomic E-state index is 13.7. The van der Waals surface area contributed by atoms with Crippen LogP contribution in [0.5, 0.6) is 0 Å². The summed E-state index contributed by atoms with van der Waals surface area (Å²) in [6.45, 7) is 6.20. The number of rotatable bonds is 3. The number of hydrogen-bond acceptors (Lipinski definition) is 2. The van der Waals surface area contributed by atoms with Gasteiger partial charge in [-0.15, -0.1) is 0 Å². The SMILES string of the molecule is C=C(F)c1c(CBr)cc(Cl)cc1N1CCOCC1. The number of alkyl halides is 1. The summed E-state index contributed by atoms with van der Waals surface area (Å²) in [6, 6.07) is 3.56. The number of halogens is 3. The van der Waals surface area contributed by atoms with Gasteiger partial charge < -0.3 is 9.64 Å². The number of hydrogen-bond donors (Lipinski definition) is 0. The predicted molar refractivity (Wildman–Crippen MR) is 77.3 cm³/mol. The first-order chi connectivity index (χ1) is 8.63. The molecule has 2 rings (SSSR count). The normalized spacial score (nSPS) is 15.8. The van der Waals surface area contributed by atoms with Crippen LogP contribution < -0.4 is 4.90 Å². The van der Waals surface area contributed by atoms with E-state index >= 15 is 0 Å². The molecule has 0 atom stereocenters. The summed E-state index contributed by atoms with van der Waals surface area (Å²) in [5, 5.41) is 1.15. The van der Waals surface area contributed by atoms with Crippen molar-refractivity contribution in [3.05, 3.63) is 34.9 Å². The lowest BCUT2D eigenvalue weighted by Crippen LogP contribution is -2.36. The van der Waals surface area contributed by atoms with Crippen LogP contribution in [-0.2, 0) is 10.1 Å². The Morgan fingerprint density at radius 3 is 2.67 bits per heavy atom. The van der Waals surface area contributed by atoms with Gasteiger partial charge in [0.15, 0.2) is 0 Å². The number of nitrogens with zero attached hydrogens (tertiary/aromatic N) is 1. The van der Waals surface area contributed by atoms with Crippen molar-refractivity contribution in [3.63, 3.8) is 0 Å². The van der Waals surface area contributed by atoms with Crippen LogP contribution in [-0.4, -0.2) is 26.3 Å². The van der Waals surface area contributed by atoms with Crippen LogP contribution in [0.3, 0.4) is 0 Å². The molecular weight excluding hydrogens is 321 g/mol. The molecule has 1 aromatic carbocycles. The molecule has 0 spiro atoms. The molecule has 18 heavy (non-hydrogen) atoms. The van der Waals surface area contributed by atoms with Crippen molar-refractivity contribution in [2.24, 2.45) is 0 Å². The second-order valence-electron chi connectivity index (χ2n) is 4.10. The molecule has 1 heterocycles. The maximum atomic E-state index is 13.7. The van der Waals surface area contributed by atoms with Crippen molar-refractivity contribution >= 4 is 39.0 Å². The predicted octanol–water partition coefficient (Wildman–Crippen LogP) is 4.01. The van der Waals surface area contributed by atoms with E-state index in [9.17, 15) is 4.39 Å². The fraction of sp³-hybridized carbons (Fsp3) is 0.385. The van der Waals surface area contributed by atoms with E-state index < -0.39 is 5.83 Å². The molecule has 5 heteroatoms. The Morgan fingerprint density at radius 2 is 2.11 bits per heavy atom. The minimum Gasteiger partial charge on any atom is -0.378 e. The summed E-state index contributed by atoms with van der Waals surface area (Å²) in [7, 11) is 0. The van der Waals surface area contributed by atoms with Gasteiger partial charge in [-0.2, -0.15) is 0 Å². The summed E-state index contributed by atoms with van der Waals surface area (Å²) in [5.41, 5.74) is 2.16. The van der Waals surface area contributed by atoms with Crippen LogP contribution in [0.25, 0.3) is 5.83 Å². The number of ether oxygens (including phenoxy) is 1. The summed E-state index contributed by atoms with van der Waals surface area (Å²) < 4.78 is 19.0. The minimum atomic E-state index is -0.428. The summed E-state index contributed by atoms with van der Waals surface area (Å²) in [6.07, 6.45) is 0. The first-order valence-electron chi connectivity index (χ1n) is 5.69. The van der Waals surface area contributed by atoms with Crippen LogP contribution in [0, 0.1) is 0 Å². The Hall–Kier alpha value is -0.580. The van der Waals surface area contributed by atoms with Crippen molar-refractivity contribution in [1.82, 2.24) is 0 Å². The van der Waals surface area contributed by atoms with Gasteiger partial charge in [0.25, 0.3) is 0 Å².